The van der Waals surface area contributed by atoms with Crippen molar-refractivity contribution >= 4 is 17.6 Å². The van der Waals surface area contributed by atoms with E-state index in [0.717, 1.165) is 0 Å². The molecule has 0 aliphatic heterocycles. The van der Waals surface area contributed by atoms with Crippen molar-refractivity contribution in [1.82, 2.24) is 10.2 Å². The van der Waals surface area contributed by atoms with Crippen LogP contribution in [0.25, 0.3) is 11.5 Å². The normalized spacial score (nSPS) is 10.2. The standard InChI is InChI=1S/C18H15N3O5/c1-24-14-6-4-3-5-13(14)16-20-21-17(26-16)15(22)19-12-9-7-11(8-10-12)18(23)25-2/h3-10H,1-2H3,(H,19,22). The lowest BCUT2D eigenvalue weighted by Crippen LogP contribution is -2.12. The van der Waals surface area contributed by atoms with Crippen LogP contribution in [-0.2, 0) is 4.74 Å². The fourth-order valence-corrected chi connectivity index (χ4v) is 2.24. The number of ether oxygens (including phenoxy) is 2. The second-order valence-corrected chi connectivity index (χ2v) is 5.14. The number of hydrogen-bond acceptors (Lipinski definition) is 7. The molecule has 1 aromatic heterocycles. The average molecular weight is 353 g/mol. The minimum atomic E-state index is -0.565. The van der Waals surface area contributed by atoms with Crippen LogP contribution in [0, 0.1) is 0 Å². The molecule has 0 aliphatic rings. The van der Waals surface area contributed by atoms with Crippen LogP contribution in [0.2, 0.25) is 0 Å². The molecule has 1 N–H and O–H groups in total. The molecule has 0 bridgehead atoms. The number of para-hydroxylation sites is 1. The van der Waals surface area contributed by atoms with E-state index in [4.69, 9.17) is 9.15 Å². The van der Waals surface area contributed by atoms with E-state index in [1.807, 2.05) is 6.07 Å². The smallest absolute Gasteiger partial charge is 0.337 e. The molecule has 0 aliphatic carbocycles. The first-order valence-electron chi connectivity index (χ1n) is 7.59. The maximum absolute atomic E-state index is 12.3. The number of hydrogen-bond donors (Lipinski definition) is 1. The molecule has 0 atom stereocenters. The molecule has 2 aromatic carbocycles. The Hall–Kier alpha value is -3.68. The van der Waals surface area contributed by atoms with Gasteiger partial charge in [-0.15, -0.1) is 10.2 Å². The Labute approximate surface area is 148 Å². The van der Waals surface area contributed by atoms with Crippen LogP contribution in [0.4, 0.5) is 5.69 Å². The third-order valence-corrected chi connectivity index (χ3v) is 3.52. The number of carbonyl (C=O) groups is 2. The number of amides is 1. The van der Waals surface area contributed by atoms with Crippen molar-refractivity contribution in [3.63, 3.8) is 0 Å². The first kappa shape index (κ1) is 17.2. The van der Waals surface area contributed by atoms with Gasteiger partial charge in [0.1, 0.15) is 5.75 Å². The van der Waals surface area contributed by atoms with Gasteiger partial charge in [-0.2, -0.15) is 0 Å². The van der Waals surface area contributed by atoms with E-state index in [9.17, 15) is 9.59 Å². The number of nitrogens with one attached hydrogen (secondary N) is 1. The lowest BCUT2D eigenvalue weighted by Gasteiger charge is -2.04. The van der Waals surface area contributed by atoms with Gasteiger partial charge < -0.3 is 19.2 Å². The van der Waals surface area contributed by atoms with Crippen molar-refractivity contribution < 1.29 is 23.5 Å². The highest BCUT2D eigenvalue weighted by Crippen LogP contribution is 2.28. The largest absolute Gasteiger partial charge is 0.496 e. The number of rotatable bonds is 5. The van der Waals surface area contributed by atoms with E-state index in [2.05, 4.69) is 20.3 Å². The number of carbonyl (C=O) groups excluding carboxylic acids is 2. The highest BCUT2D eigenvalue weighted by Gasteiger charge is 2.18. The molecule has 1 heterocycles. The molecule has 8 heteroatoms. The van der Waals surface area contributed by atoms with E-state index >= 15 is 0 Å². The van der Waals surface area contributed by atoms with E-state index < -0.39 is 11.9 Å². The number of nitrogens with zero attached hydrogens (tertiary/aromatic N) is 2. The molecule has 0 fully saturated rings. The van der Waals surface area contributed by atoms with Crippen molar-refractivity contribution in [2.75, 3.05) is 19.5 Å². The summed E-state index contributed by atoms with van der Waals surface area (Å²) >= 11 is 0. The number of anilines is 1. The Morgan fingerprint density at radius 1 is 1.00 bits per heavy atom. The molecule has 0 spiro atoms. The summed E-state index contributed by atoms with van der Waals surface area (Å²) in [6.45, 7) is 0. The van der Waals surface area contributed by atoms with Crippen molar-refractivity contribution in [1.29, 1.82) is 0 Å². The van der Waals surface area contributed by atoms with E-state index in [1.54, 1.807) is 30.3 Å². The molecule has 0 saturated carbocycles. The topological polar surface area (TPSA) is 104 Å². The van der Waals surface area contributed by atoms with Gasteiger partial charge in [-0.05, 0) is 36.4 Å². The van der Waals surface area contributed by atoms with Gasteiger partial charge in [-0.25, -0.2) is 4.79 Å². The molecule has 8 nitrogen and oxygen atoms in total. The molecule has 3 aromatic rings. The summed E-state index contributed by atoms with van der Waals surface area (Å²) in [5.41, 5.74) is 1.44. The van der Waals surface area contributed by atoms with Gasteiger partial charge in [-0.3, -0.25) is 4.79 Å². The van der Waals surface area contributed by atoms with E-state index in [1.165, 1.54) is 26.4 Å². The predicted molar refractivity (Wildman–Crippen MR) is 92.0 cm³/mol. The molecule has 3 rings (SSSR count). The summed E-state index contributed by atoms with van der Waals surface area (Å²) in [5.74, 6) is -0.483. The summed E-state index contributed by atoms with van der Waals surface area (Å²) in [5, 5.41) is 10.3. The van der Waals surface area contributed by atoms with Gasteiger partial charge in [0.2, 0.25) is 0 Å². The van der Waals surface area contributed by atoms with Gasteiger partial charge in [0.05, 0.1) is 25.3 Å². The quantitative estimate of drug-likeness (QED) is 0.703. The molecule has 0 saturated heterocycles. The second-order valence-electron chi connectivity index (χ2n) is 5.14. The van der Waals surface area contributed by atoms with Crippen molar-refractivity contribution in [3.05, 3.63) is 60.0 Å². The van der Waals surface area contributed by atoms with Gasteiger partial charge in [0.25, 0.3) is 5.89 Å². The van der Waals surface area contributed by atoms with Crippen LogP contribution in [0.15, 0.2) is 52.9 Å². The van der Waals surface area contributed by atoms with Crippen LogP contribution in [0.5, 0.6) is 5.75 Å². The summed E-state index contributed by atoms with van der Waals surface area (Å²) in [6, 6.07) is 13.3. The van der Waals surface area contributed by atoms with Crippen LogP contribution >= 0.6 is 0 Å². The molecular weight excluding hydrogens is 338 g/mol. The highest BCUT2D eigenvalue weighted by atomic mass is 16.5. The maximum atomic E-state index is 12.3. The van der Waals surface area contributed by atoms with Gasteiger partial charge >= 0.3 is 17.8 Å². The number of aromatic nitrogens is 2. The van der Waals surface area contributed by atoms with Gasteiger partial charge in [-0.1, -0.05) is 12.1 Å². The Morgan fingerprint density at radius 3 is 2.42 bits per heavy atom. The van der Waals surface area contributed by atoms with E-state index in [0.29, 0.717) is 22.6 Å². The molecule has 132 valence electrons. The summed E-state index contributed by atoms with van der Waals surface area (Å²) in [4.78, 5) is 23.7. The molecule has 0 unspecified atom stereocenters. The Kier molecular flexibility index (Phi) is 4.93. The monoisotopic (exact) mass is 353 g/mol. The summed E-state index contributed by atoms with van der Waals surface area (Å²) < 4.78 is 15.3. The maximum Gasteiger partial charge on any atom is 0.337 e. The van der Waals surface area contributed by atoms with Crippen LogP contribution < -0.4 is 10.1 Å². The summed E-state index contributed by atoms with van der Waals surface area (Å²) in [7, 11) is 2.83. The number of methoxy groups -OCH3 is 2. The number of esters is 1. The van der Waals surface area contributed by atoms with Crippen molar-refractivity contribution in [2.45, 2.75) is 0 Å². The highest BCUT2D eigenvalue weighted by molar-refractivity contribution is 6.01. The molecule has 26 heavy (non-hydrogen) atoms. The van der Waals surface area contributed by atoms with Gasteiger partial charge in [0, 0.05) is 5.69 Å². The fourth-order valence-electron chi connectivity index (χ4n) is 2.24. The van der Waals surface area contributed by atoms with Crippen LogP contribution in [0.1, 0.15) is 21.0 Å². The molecular formula is C18H15N3O5. The van der Waals surface area contributed by atoms with Crippen LogP contribution in [0.3, 0.4) is 0 Å². The minimum Gasteiger partial charge on any atom is -0.496 e. The Balaban J connectivity index is 1.75. The third-order valence-electron chi connectivity index (χ3n) is 3.52. The van der Waals surface area contributed by atoms with Crippen LogP contribution in [-0.4, -0.2) is 36.3 Å². The first-order valence-corrected chi connectivity index (χ1v) is 7.59. The summed E-state index contributed by atoms with van der Waals surface area (Å²) in [6.07, 6.45) is 0. The zero-order chi connectivity index (χ0) is 18.5. The zero-order valence-corrected chi connectivity index (χ0v) is 14.1. The fraction of sp³-hybridized carbons (Fsp3) is 0.111. The second kappa shape index (κ2) is 7.47. The zero-order valence-electron chi connectivity index (χ0n) is 14.1. The lowest BCUT2D eigenvalue weighted by atomic mass is 10.2. The Morgan fingerprint density at radius 2 is 1.73 bits per heavy atom. The number of benzene rings is 2. The average Bonchev–Trinajstić information content (AvgIpc) is 3.18. The van der Waals surface area contributed by atoms with E-state index in [-0.39, 0.29) is 11.8 Å². The third kappa shape index (κ3) is 3.54. The minimum absolute atomic E-state index is 0.175. The SMILES string of the molecule is COC(=O)c1ccc(NC(=O)c2nnc(-c3ccccc3OC)o2)cc1. The molecule has 0 radical (unpaired) electrons. The van der Waals surface area contributed by atoms with Crippen molar-refractivity contribution in [3.8, 4) is 17.2 Å². The molecule has 1 amide bonds. The van der Waals surface area contributed by atoms with Crippen molar-refractivity contribution in [2.24, 2.45) is 0 Å². The van der Waals surface area contributed by atoms with Gasteiger partial charge in [0.15, 0.2) is 0 Å². The Bertz CT molecular complexity index is 934. The predicted octanol–water partition coefficient (Wildman–Crippen LogP) is 2.78. The first-order chi connectivity index (χ1) is 12.6. The lowest BCUT2D eigenvalue weighted by molar-refractivity contribution is 0.0600.